The summed E-state index contributed by atoms with van der Waals surface area (Å²) in [7, 11) is -1.17. The monoisotopic (exact) mass is 483 g/mol. The lowest BCUT2D eigenvalue weighted by Gasteiger charge is -2.24. The number of nitro benzene ring substituents is 1. The van der Waals surface area contributed by atoms with Crippen LogP contribution in [0.15, 0.2) is 76.7 Å². The smallest absolute Gasteiger partial charge is 0.279 e. The number of hydrogen-bond acceptors (Lipinski definition) is 8. The first-order valence-electron chi connectivity index (χ1n) is 10.1. The van der Waals surface area contributed by atoms with Gasteiger partial charge in [0, 0.05) is 18.6 Å². The molecular weight excluding hydrogens is 462 g/mol. The molecule has 0 bridgehead atoms. The van der Waals surface area contributed by atoms with Crippen molar-refractivity contribution < 1.29 is 27.9 Å². The molecular formula is C23H21N3O7S. The largest absolute Gasteiger partial charge is 0.508 e. The summed E-state index contributed by atoms with van der Waals surface area (Å²) in [6.45, 7) is 0. The average Bonchev–Trinajstić information content (AvgIpc) is 3.30. The van der Waals surface area contributed by atoms with Crippen LogP contribution in [0.3, 0.4) is 0 Å². The van der Waals surface area contributed by atoms with Crippen LogP contribution >= 0.6 is 0 Å². The third-order valence-corrected chi connectivity index (χ3v) is 7.15. The molecule has 176 valence electrons. The van der Waals surface area contributed by atoms with E-state index in [0.717, 1.165) is 16.5 Å². The molecule has 1 unspecified atom stereocenters. The molecule has 3 aromatic rings. The van der Waals surface area contributed by atoms with Crippen LogP contribution in [0.4, 0.5) is 5.69 Å². The van der Waals surface area contributed by atoms with E-state index < -0.39 is 21.0 Å². The van der Waals surface area contributed by atoms with Gasteiger partial charge in [0.1, 0.15) is 5.75 Å². The molecule has 0 fully saturated rings. The Morgan fingerprint density at radius 2 is 1.65 bits per heavy atom. The number of benzene rings is 3. The second-order valence-electron chi connectivity index (χ2n) is 7.46. The fraction of sp³-hybridized carbons (Fsp3) is 0.174. The van der Waals surface area contributed by atoms with Crippen LogP contribution in [0.1, 0.15) is 23.6 Å². The van der Waals surface area contributed by atoms with E-state index in [9.17, 15) is 23.6 Å². The lowest BCUT2D eigenvalue weighted by molar-refractivity contribution is -0.384. The van der Waals surface area contributed by atoms with Gasteiger partial charge in [-0.2, -0.15) is 17.9 Å². The van der Waals surface area contributed by atoms with Gasteiger partial charge in [-0.1, -0.05) is 6.07 Å². The van der Waals surface area contributed by atoms with Crippen molar-refractivity contribution in [3.63, 3.8) is 0 Å². The summed E-state index contributed by atoms with van der Waals surface area (Å²) >= 11 is 0. The number of nitrogens with zero attached hydrogens (tertiary/aromatic N) is 3. The number of non-ortho nitro benzene ring substituents is 1. The molecule has 1 heterocycles. The van der Waals surface area contributed by atoms with E-state index in [2.05, 4.69) is 5.10 Å². The molecule has 3 aromatic carbocycles. The number of nitro groups is 1. The number of rotatable bonds is 7. The van der Waals surface area contributed by atoms with Crippen molar-refractivity contribution >= 4 is 21.4 Å². The molecule has 0 radical (unpaired) electrons. The number of aromatic hydroxyl groups is 1. The van der Waals surface area contributed by atoms with E-state index >= 15 is 0 Å². The third kappa shape index (κ3) is 4.25. The van der Waals surface area contributed by atoms with E-state index in [1.165, 1.54) is 38.5 Å². The SMILES string of the molecule is COc1ccc(C2CC(c3ccc(O)cc3)=NN2S(=O)(=O)c2ccc([N+](=O)[O-])cc2)cc1OC. The molecule has 0 saturated heterocycles. The van der Waals surface area contributed by atoms with Crippen molar-refractivity contribution in [3.05, 3.63) is 88.0 Å². The Morgan fingerprint density at radius 3 is 2.24 bits per heavy atom. The Hall–Kier alpha value is -4.12. The van der Waals surface area contributed by atoms with E-state index in [1.807, 2.05) is 0 Å². The minimum Gasteiger partial charge on any atom is -0.508 e. The second kappa shape index (κ2) is 9.02. The molecule has 1 N–H and O–H groups in total. The number of phenols is 1. The maximum absolute atomic E-state index is 13.6. The minimum absolute atomic E-state index is 0.0779. The normalized spacial score (nSPS) is 15.6. The van der Waals surface area contributed by atoms with Gasteiger partial charge in [0.05, 0.1) is 35.8 Å². The van der Waals surface area contributed by atoms with Gasteiger partial charge in [0.2, 0.25) is 0 Å². The number of phenolic OH excluding ortho intramolecular Hbond substituents is 1. The van der Waals surface area contributed by atoms with Gasteiger partial charge in [0.25, 0.3) is 15.7 Å². The molecule has 0 spiro atoms. The molecule has 34 heavy (non-hydrogen) atoms. The summed E-state index contributed by atoms with van der Waals surface area (Å²) in [6.07, 6.45) is 0.256. The highest BCUT2D eigenvalue weighted by Gasteiger charge is 2.38. The number of hydrogen-bond donors (Lipinski definition) is 1. The van der Waals surface area contributed by atoms with E-state index in [-0.39, 0.29) is 22.8 Å². The standard InChI is InChI=1S/C23H21N3O7S/c1-32-22-12-5-16(13-23(22)33-2)21-14-20(15-3-8-18(27)9-4-15)24-25(21)34(30,31)19-10-6-17(7-11-19)26(28)29/h3-13,21,27H,14H2,1-2H3. The van der Waals surface area contributed by atoms with E-state index in [1.54, 1.807) is 30.3 Å². The predicted octanol–water partition coefficient (Wildman–Crippen LogP) is 3.86. The zero-order valence-corrected chi connectivity index (χ0v) is 19.1. The summed E-state index contributed by atoms with van der Waals surface area (Å²) in [5.74, 6) is 1.01. The third-order valence-electron chi connectivity index (χ3n) is 5.46. The highest BCUT2D eigenvalue weighted by molar-refractivity contribution is 7.89. The van der Waals surface area contributed by atoms with Crippen LogP contribution in [-0.4, -0.2) is 42.8 Å². The maximum atomic E-state index is 13.6. The summed E-state index contributed by atoms with van der Waals surface area (Å²) in [5.41, 5.74) is 1.57. The van der Waals surface area contributed by atoms with Gasteiger partial charge in [0.15, 0.2) is 11.5 Å². The van der Waals surface area contributed by atoms with Crippen molar-refractivity contribution in [2.45, 2.75) is 17.4 Å². The number of methoxy groups -OCH3 is 2. The Bertz CT molecular complexity index is 1350. The molecule has 0 aromatic heterocycles. The summed E-state index contributed by atoms with van der Waals surface area (Å²) < 4.78 is 38.8. The lowest BCUT2D eigenvalue weighted by Crippen LogP contribution is -2.27. The Kier molecular flexibility index (Phi) is 6.12. The minimum atomic E-state index is -4.16. The first-order valence-corrected chi connectivity index (χ1v) is 11.6. The van der Waals surface area contributed by atoms with E-state index in [0.29, 0.717) is 28.3 Å². The molecule has 4 rings (SSSR count). The Labute approximate surface area is 195 Å². The fourth-order valence-corrected chi connectivity index (χ4v) is 5.13. The molecule has 0 aliphatic carbocycles. The van der Waals surface area contributed by atoms with Crippen LogP contribution in [-0.2, 0) is 10.0 Å². The second-order valence-corrected chi connectivity index (χ2v) is 9.25. The topological polar surface area (TPSA) is 132 Å². The maximum Gasteiger partial charge on any atom is 0.279 e. The number of hydrazone groups is 1. The first kappa shape index (κ1) is 23.1. The van der Waals surface area contributed by atoms with Crippen LogP contribution in [0.5, 0.6) is 17.2 Å². The van der Waals surface area contributed by atoms with Gasteiger partial charge < -0.3 is 14.6 Å². The lowest BCUT2D eigenvalue weighted by atomic mass is 9.99. The van der Waals surface area contributed by atoms with Crippen LogP contribution in [0, 0.1) is 10.1 Å². The fourth-order valence-electron chi connectivity index (χ4n) is 3.69. The van der Waals surface area contributed by atoms with Crippen molar-refractivity contribution in [1.29, 1.82) is 0 Å². The van der Waals surface area contributed by atoms with Crippen molar-refractivity contribution in [2.75, 3.05) is 14.2 Å². The predicted molar refractivity (Wildman–Crippen MR) is 124 cm³/mol. The highest BCUT2D eigenvalue weighted by Crippen LogP contribution is 2.40. The van der Waals surface area contributed by atoms with Crippen LogP contribution < -0.4 is 9.47 Å². The summed E-state index contributed by atoms with van der Waals surface area (Å²) in [4.78, 5) is 10.3. The van der Waals surface area contributed by atoms with Crippen LogP contribution in [0.2, 0.25) is 0 Å². The quantitative estimate of drug-likeness (QED) is 0.399. The number of ether oxygens (including phenoxy) is 2. The van der Waals surface area contributed by atoms with Gasteiger partial charge in [-0.15, -0.1) is 0 Å². The van der Waals surface area contributed by atoms with Gasteiger partial charge in [-0.05, 0) is 59.7 Å². The summed E-state index contributed by atoms with van der Waals surface area (Å²) in [5, 5.41) is 25.0. The molecule has 11 heteroatoms. The first-order chi connectivity index (χ1) is 16.2. The van der Waals surface area contributed by atoms with Crippen LogP contribution in [0.25, 0.3) is 0 Å². The molecule has 0 amide bonds. The Morgan fingerprint density at radius 1 is 1.00 bits per heavy atom. The van der Waals surface area contributed by atoms with Crippen molar-refractivity contribution in [3.8, 4) is 17.2 Å². The summed E-state index contributed by atoms with van der Waals surface area (Å²) in [6, 6.07) is 15.4. The molecule has 1 aliphatic rings. The molecule has 10 nitrogen and oxygen atoms in total. The van der Waals surface area contributed by atoms with Gasteiger partial charge in [-0.3, -0.25) is 10.1 Å². The van der Waals surface area contributed by atoms with E-state index in [4.69, 9.17) is 9.47 Å². The van der Waals surface area contributed by atoms with Crippen molar-refractivity contribution in [2.24, 2.45) is 5.10 Å². The molecule has 1 atom stereocenters. The Balaban J connectivity index is 1.80. The van der Waals surface area contributed by atoms with Gasteiger partial charge in [-0.25, -0.2) is 0 Å². The molecule has 0 saturated carbocycles. The zero-order chi connectivity index (χ0) is 24.5. The van der Waals surface area contributed by atoms with Crippen molar-refractivity contribution in [1.82, 2.24) is 4.41 Å². The molecule has 1 aliphatic heterocycles. The number of sulfonamides is 1. The van der Waals surface area contributed by atoms with Gasteiger partial charge >= 0.3 is 0 Å². The highest BCUT2D eigenvalue weighted by atomic mass is 32.2. The zero-order valence-electron chi connectivity index (χ0n) is 18.3. The average molecular weight is 484 g/mol.